The van der Waals surface area contributed by atoms with Crippen LogP contribution < -0.4 is 0 Å². The van der Waals surface area contributed by atoms with E-state index >= 15 is 0 Å². The highest BCUT2D eigenvalue weighted by molar-refractivity contribution is 8.01. The van der Waals surface area contributed by atoms with Gasteiger partial charge in [-0.25, -0.2) is 4.98 Å². The highest BCUT2D eigenvalue weighted by Crippen LogP contribution is 2.51. The van der Waals surface area contributed by atoms with Crippen LogP contribution in [0, 0.1) is 11.8 Å². The fraction of sp³-hybridized carbons (Fsp3) is 0.700. The topological polar surface area (TPSA) is 12.9 Å². The molecule has 0 amide bonds. The average Bonchev–Trinajstić information content (AvgIpc) is 2.77. The molecule has 2 saturated carbocycles. The van der Waals surface area contributed by atoms with Gasteiger partial charge in [-0.05, 0) is 31.1 Å². The molecule has 1 aromatic rings. The van der Waals surface area contributed by atoms with Gasteiger partial charge < -0.3 is 0 Å². The van der Waals surface area contributed by atoms with Crippen LogP contribution in [0.25, 0.3) is 0 Å². The first-order chi connectivity index (χ1) is 6.42. The number of rotatable bonds is 2. The molecule has 0 saturated heterocycles. The molecule has 2 aliphatic rings. The molecule has 1 heterocycles. The molecule has 70 valence electrons. The zero-order valence-electron chi connectivity index (χ0n) is 7.48. The molecule has 0 radical (unpaired) electrons. The predicted molar refractivity (Wildman–Crippen MR) is 57.2 cm³/mol. The van der Waals surface area contributed by atoms with Gasteiger partial charge in [0.1, 0.15) is 4.34 Å². The Balaban J connectivity index is 1.68. The second kappa shape index (κ2) is 3.28. The van der Waals surface area contributed by atoms with Crippen molar-refractivity contribution in [3.63, 3.8) is 0 Å². The van der Waals surface area contributed by atoms with E-state index in [9.17, 15) is 0 Å². The lowest BCUT2D eigenvalue weighted by molar-refractivity contribution is 0.492. The molecular weight excluding hydrogens is 198 g/mol. The fourth-order valence-electron chi connectivity index (χ4n) is 2.73. The van der Waals surface area contributed by atoms with Gasteiger partial charge in [-0.2, -0.15) is 0 Å². The van der Waals surface area contributed by atoms with Gasteiger partial charge >= 0.3 is 0 Å². The summed E-state index contributed by atoms with van der Waals surface area (Å²) >= 11 is 3.82. The summed E-state index contributed by atoms with van der Waals surface area (Å²) < 4.78 is 1.28. The van der Waals surface area contributed by atoms with Crippen LogP contribution in [0.2, 0.25) is 0 Å². The number of thioether (sulfide) groups is 1. The summed E-state index contributed by atoms with van der Waals surface area (Å²) in [6, 6.07) is 0. The maximum atomic E-state index is 4.34. The molecule has 1 aromatic heterocycles. The summed E-state index contributed by atoms with van der Waals surface area (Å²) in [5.41, 5.74) is 0. The SMILES string of the molecule is c1csc(SC2CC3CCC2C3)n1. The summed E-state index contributed by atoms with van der Waals surface area (Å²) in [6.07, 6.45) is 7.85. The van der Waals surface area contributed by atoms with Crippen molar-refractivity contribution in [2.24, 2.45) is 11.8 Å². The Morgan fingerprint density at radius 1 is 1.38 bits per heavy atom. The van der Waals surface area contributed by atoms with Gasteiger partial charge in [-0.15, -0.1) is 11.3 Å². The molecule has 0 aromatic carbocycles. The first-order valence-corrected chi connectivity index (χ1v) is 6.74. The Morgan fingerprint density at radius 3 is 3.00 bits per heavy atom. The molecule has 2 fully saturated rings. The molecule has 13 heavy (non-hydrogen) atoms. The van der Waals surface area contributed by atoms with Crippen LogP contribution in [0.1, 0.15) is 25.7 Å². The standard InChI is InChI=1S/C10H13NS2/c1-2-8-5-7(1)6-9(8)13-10-11-3-4-12-10/h3-4,7-9H,1-2,5-6H2. The normalized spacial score (nSPS) is 37.1. The average molecular weight is 211 g/mol. The van der Waals surface area contributed by atoms with Crippen LogP contribution in [-0.4, -0.2) is 10.2 Å². The molecule has 0 aliphatic heterocycles. The molecule has 3 heteroatoms. The van der Waals surface area contributed by atoms with E-state index in [1.165, 1.54) is 30.0 Å². The molecule has 3 unspecified atom stereocenters. The van der Waals surface area contributed by atoms with Crippen molar-refractivity contribution in [1.29, 1.82) is 0 Å². The minimum atomic E-state index is 0.893. The van der Waals surface area contributed by atoms with Crippen LogP contribution in [0.3, 0.4) is 0 Å². The summed E-state index contributed by atoms with van der Waals surface area (Å²) in [6.45, 7) is 0. The summed E-state index contributed by atoms with van der Waals surface area (Å²) in [5.74, 6) is 2.07. The number of nitrogens with zero attached hydrogens (tertiary/aromatic N) is 1. The van der Waals surface area contributed by atoms with E-state index in [2.05, 4.69) is 10.4 Å². The van der Waals surface area contributed by atoms with Crippen molar-refractivity contribution in [3.05, 3.63) is 11.6 Å². The summed E-state index contributed by atoms with van der Waals surface area (Å²) in [7, 11) is 0. The third kappa shape index (κ3) is 1.52. The van der Waals surface area contributed by atoms with Crippen LogP contribution in [0.4, 0.5) is 0 Å². The van der Waals surface area contributed by atoms with E-state index in [1.807, 2.05) is 18.0 Å². The third-order valence-electron chi connectivity index (χ3n) is 3.34. The van der Waals surface area contributed by atoms with E-state index in [0.717, 1.165) is 17.1 Å². The number of fused-ring (bicyclic) bond motifs is 2. The van der Waals surface area contributed by atoms with Crippen LogP contribution >= 0.6 is 23.1 Å². The molecule has 3 rings (SSSR count). The Kier molecular flexibility index (Phi) is 2.10. The maximum absolute atomic E-state index is 4.34. The molecule has 2 aliphatic carbocycles. The second-order valence-corrected chi connectivity index (χ2v) is 6.51. The first-order valence-electron chi connectivity index (χ1n) is 4.98. The lowest BCUT2D eigenvalue weighted by Gasteiger charge is -2.19. The highest BCUT2D eigenvalue weighted by Gasteiger charge is 2.40. The van der Waals surface area contributed by atoms with Gasteiger partial charge in [0.15, 0.2) is 0 Å². The smallest absolute Gasteiger partial charge is 0.150 e. The van der Waals surface area contributed by atoms with Crippen molar-refractivity contribution < 1.29 is 0 Å². The Labute approximate surface area is 87.0 Å². The molecule has 3 atom stereocenters. The zero-order valence-corrected chi connectivity index (χ0v) is 9.11. The van der Waals surface area contributed by atoms with Gasteiger partial charge in [0.2, 0.25) is 0 Å². The molecule has 2 bridgehead atoms. The minimum Gasteiger partial charge on any atom is -0.238 e. The fourth-order valence-corrected chi connectivity index (χ4v) is 5.04. The van der Waals surface area contributed by atoms with Gasteiger partial charge in [-0.3, -0.25) is 0 Å². The largest absolute Gasteiger partial charge is 0.238 e. The molecule has 0 spiro atoms. The Hall–Kier alpha value is -0.0200. The second-order valence-electron chi connectivity index (χ2n) is 4.13. The quantitative estimate of drug-likeness (QED) is 0.743. The van der Waals surface area contributed by atoms with Crippen LogP contribution in [0.15, 0.2) is 15.9 Å². The highest BCUT2D eigenvalue weighted by atomic mass is 32.2. The van der Waals surface area contributed by atoms with Gasteiger partial charge in [0, 0.05) is 16.8 Å². The van der Waals surface area contributed by atoms with Crippen molar-refractivity contribution in [2.45, 2.75) is 35.3 Å². The van der Waals surface area contributed by atoms with E-state index in [4.69, 9.17) is 0 Å². The Morgan fingerprint density at radius 2 is 2.38 bits per heavy atom. The molecule has 1 nitrogen and oxygen atoms in total. The van der Waals surface area contributed by atoms with Crippen molar-refractivity contribution >= 4 is 23.1 Å². The van der Waals surface area contributed by atoms with E-state index in [0.29, 0.717) is 0 Å². The van der Waals surface area contributed by atoms with Crippen LogP contribution in [0.5, 0.6) is 0 Å². The lowest BCUT2D eigenvalue weighted by Crippen LogP contribution is -2.11. The Bertz CT molecular complexity index is 283. The molecular formula is C10H13NS2. The minimum absolute atomic E-state index is 0.893. The monoisotopic (exact) mass is 211 g/mol. The third-order valence-corrected chi connectivity index (χ3v) is 5.66. The summed E-state index contributed by atoms with van der Waals surface area (Å²) in [5, 5.41) is 2.97. The first kappa shape index (κ1) is 8.30. The van der Waals surface area contributed by atoms with Gasteiger partial charge in [0.25, 0.3) is 0 Å². The van der Waals surface area contributed by atoms with Crippen LogP contribution in [-0.2, 0) is 0 Å². The maximum Gasteiger partial charge on any atom is 0.150 e. The van der Waals surface area contributed by atoms with Crippen molar-refractivity contribution in [2.75, 3.05) is 0 Å². The van der Waals surface area contributed by atoms with E-state index in [-0.39, 0.29) is 0 Å². The predicted octanol–water partition coefficient (Wildman–Crippen LogP) is 3.42. The number of aromatic nitrogens is 1. The number of hydrogen-bond donors (Lipinski definition) is 0. The molecule has 0 N–H and O–H groups in total. The lowest BCUT2D eigenvalue weighted by atomic mass is 10.0. The number of hydrogen-bond acceptors (Lipinski definition) is 3. The van der Waals surface area contributed by atoms with Crippen molar-refractivity contribution in [3.8, 4) is 0 Å². The van der Waals surface area contributed by atoms with Crippen molar-refractivity contribution in [1.82, 2.24) is 4.98 Å². The van der Waals surface area contributed by atoms with Gasteiger partial charge in [0.05, 0.1) is 0 Å². The van der Waals surface area contributed by atoms with E-state index in [1.54, 1.807) is 11.3 Å². The summed E-state index contributed by atoms with van der Waals surface area (Å²) in [4.78, 5) is 4.34. The number of thiazole rings is 1. The van der Waals surface area contributed by atoms with Gasteiger partial charge in [-0.1, -0.05) is 18.2 Å². The zero-order chi connectivity index (χ0) is 8.67. The van der Waals surface area contributed by atoms with E-state index < -0.39 is 0 Å².